The number of nitrogens with zero attached hydrogens (tertiary/aromatic N) is 1. The average Bonchev–Trinajstić information content (AvgIpc) is 2.55. The highest BCUT2D eigenvalue weighted by Crippen LogP contribution is 2.36. The van der Waals surface area contributed by atoms with Gasteiger partial charge in [0.25, 0.3) is 5.91 Å². The molecule has 6 heteroatoms. The van der Waals surface area contributed by atoms with Gasteiger partial charge in [0.2, 0.25) is 5.91 Å². The maximum Gasteiger partial charge on any atom is 0.325 e. The van der Waals surface area contributed by atoms with Gasteiger partial charge in [0.15, 0.2) is 0 Å². The lowest BCUT2D eigenvalue weighted by atomic mass is 9.75. The highest BCUT2D eigenvalue weighted by molar-refractivity contribution is 6.08. The number of imide groups is 1. The summed E-state index contributed by atoms with van der Waals surface area (Å²) in [6.07, 6.45) is 5.22. The molecule has 0 aromatic heterocycles. The van der Waals surface area contributed by atoms with Gasteiger partial charge >= 0.3 is 6.03 Å². The summed E-state index contributed by atoms with van der Waals surface area (Å²) in [5.74, 6) is -0.842. The van der Waals surface area contributed by atoms with E-state index in [9.17, 15) is 14.4 Å². The van der Waals surface area contributed by atoms with Gasteiger partial charge in [-0.1, -0.05) is 19.3 Å². The summed E-state index contributed by atoms with van der Waals surface area (Å²) in [5.41, 5.74) is 4.18. The van der Waals surface area contributed by atoms with Crippen LogP contribution in [-0.2, 0) is 9.59 Å². The van der Waals surface area contributed by atoms with Gasteiger partial charge in [0.05, 0.1) is 0 Å². The van der Waals surface area contributed by atoms with Gasteiger partial charge in [0.1, 0.15) is 12.1 Å². The van der Waals surface area contributed by atoms with E-state index in [1.165, 1.54) is 6.42 Å². The zero-order chi connectivity index (χ0) is 13.3. The second-order valence-electron chi connectivity index (χ2n) is 5.33. The van der Waals surface area contributed by atoms with Crippen LogP contribution in [0, 0.1) is 5.92 Å². The first kappa shape index (κ1) is 12.9. The summed E-state index contributed by atoms with van der Waals surface area (Å²) in [7, 11) is 0. The van der Waals surface area contributed by atoms with E-state index in [-0.39, 0.29) is 18.4 Å². The first-order valence-corrected chi connectivity index (χ1v) is 6.37. The fraction of sp³-hybridized carbons (Fsp3) is 0.750. The van der Waals surface area contributed by atoms with Crippen molar-refractivity contribution in [3.8, 4) is 0 Å². The minimum Gasteiger partial charge on any atom is -0.368 e. The Morgan fingerprint density at radius 2 is 2.00 bits per heavy atom. The maximum atomic E-state index is 12.3. The molecule has 2 fully saturated rings. The number of hydrogen-bond donors (Lipinski definition) is 2. The normalized spacial score (nSPS) is 29.5. The number of primary amides is 1. The molecule has 0 aromatic rings. The largest absolute Gasteiger partial charge is 0.368 e. The predicted octanol–water partition coefficient (Wildman–Crippen LogP) is 0.363. The quantitative estimate of drug-likeness (QED) is 0.711. The number of rotatable bonds is 3. The molecule has 4 amide bonds. The van der Waals surface area contributed by atoms with Crippen molar-refractivity contribution in [3.63, 3.8) is 0 Å². The number of carbonyl (C=O) groups is 3. The third-order valence-electron chi connectivity index (χ3n) is 4.04. The molecule has 1 heterocycles. The van der Waals surface area contributed by atoms with Crippen LogP contribution in [0.2, 0.25) is 0 Å². The molecule has 0 radical (unpaired) electrons. The summed E-state index contributed by atoms with van der Waals surface area (Å²) < 4.78 is 0. The van der Waals surface area contributed by atoms with Crippen molar-refractivity contribution in [1.29, 1.82) is 0 Å². The van der Waals surface area contributed by atoms with Crippen molar-refractivity contribution < 1.29 is 14.4 Å². The van der Waals surface area contributed by atoms with E-state index in [1.54, 1.807) is 6.92 Å². The molecule has 2 aliphatic rings. The summed E-state index contributed by atoms with van der Waals surface area (Å²) in [6.45, 7) is 1.41. The Kier molecular flexibility index (Phi) is 3.28. The van der Waals surface area contributed by atoms with Crippen LogP contribution in [-0.4, -0.2) is 34.8 Å². The van der Waals surface area contributed by atoms with Gasteiger partial charge < -0.3 is 11.1 Å². The van der Waals surface area contributed by atoms with Crippen LogP contribution < -0.4 is 11.1 Å². The zero-order valence-corrected chi connectivity index (χ0v) is 10.6. The van der Waals surface area contributed by atoms with Crippen LogP contribution in [0.3, 0.4) is 0 Å². The summed E-state index contributed by atoms with van der Waals surface area (Å²) in [6, 6.07) is -0.508. The first-order valence-electron chi connectivity index (χ1n) is 6.37. The fourth-order valence-electron chi connectivity index (χ4n) is 2.97. The van der Waals surface area contributed by atoms with Crippen molar-refractivity contribution in [3.05, 3.63) is 0 Å². The Labute approximate surface area is 106 Å². The molecule has 0 unspecified atom stereocenters. The molecular weight excluding hydrogens is 234 g/mol. The maximum absolute atomic E-state index is 12.3. The molecule has 1 saturated carbocycles. The van der Waals surface area contributed by atoms with Crippen molar-refractivity contribution >= 4 is 17.8 Å². The van der Waals surface area contributed by atoms with Gasteiger partial charge in [-0.25, -0.2) is 4.79 Å². The Morgan fingerprint density at radius 3 is 2.56 bits per heavy atom. The predicted molar refractivity (Wildman–Crippen MR) is 64.4 cm³/mol. The molecule has 3 N–H and O–H groups in total. The molecule has 1 atom stereocenters. The van der Waals surface area contributed by atoms with Gasteiger partial charge in [-0.3, -0.25) is 14.5 Å². The third-order valence-corrected chi connectivity index (χ3v) is 4.04. The average molecular weight is 253 g/mol. The van der Waals surface area contributed by atoms with Crippen LogP contribution in [0.4, 0.5) is 4.79 Å². The third kappa shape index (κ3) is 2.07. The summed E-state index contributed by atoms with van der Waals surface area (Å²) in [4.78, 5) is 35.9. The second kappa shape index (κ2) is 4.59. The fourth-order valence-corrected chi connectivity index (χ4v) is 2.97. The highest BCUT2D eigenvalue weighted by atomic mass is 16.2. The Morgan fingerprint density at radius 1 is 1.39 bits per heavy atom. The van der Waals surface area contributed by atoms with E-state index in [0.29, 0.717) is 0 Å². The zero-order valence-electron chi connectivity index (χ0n) is 10.6. The Bertz CT molecular complexity index is 390. The van der Waals surface area contributed by atoms with Crippen LogP contribution in [0.25, 0.3) is 0 Å². The van der Waals surface area contributed by atoms with E-state index in [4.69, 9.17) is 5.73 Å². The van der Waals surface area contributed by atoms with E-state index in [0.717, 1.165) is 30.6 Å². The number of hydrogen-bond acceptors (Lipinski definition) is 3. The molecule has 1 aliphatic heterocycles. The van der Waals surface area contributed by atoms with Crippen LogP contribution >= 0.6 is 0 Å². The molecule has 18 heavy (non-hydrogen) atoms. The molecule has 1 aliphatic carbocycles. The minimum atomic E-state index is -0.868. The summed E-state index contributed by atoms with van der Waals surface area (Å²) in [5, 5.41) is 2.73. The molecule has 6 nitrogen and oxygen atoms in total. The van der Waals surface area contributed by atoms with E-state index < -0.39 is 17.5 Å². The van der Waals surface area contributed by atoms with Gasteiger partial charge in [-0.05, 0) is 25.7 Å². The standard InChI is InChI=1S/C12H19N3O3/c1-12(8-5-3-2-4-6-8)10(17)15(7-9(13)16)11(18)14-12/h8H,2-7H2,1H3,(H2,13,16)(H,14,18)/t12-/m1/s1. The topological polar surface area (TPSA) is 92.5 Å². The second-order valence-corrected chi connectivity index (χ2v) is 5.33. The molecule has 100 valence electrons. The van der Waals surface area contributed by atoms with Crippen molar-refractivity contribution in [2.75, 3.05) is 6.54 Å². The van der Waals surface area contributed by atoms with E-state index >= 15 is 0 Å². The smallest absolute Gasteiger partial charge is 0.325 e. The Balaban J connectivity index is 2.16. The number of nitrogens with one attached hydrogen (secondary N) is 1. The van der Waals surface area contributed by atoms with Crippen molar-refractivity contribution in [2.45, 2.75) is 44.6 Å². The number of carbonyl (C=O) groups excluding carboxylic acids is 3. The van der Waals surface area contributed by atoms with Gasteiger partial charge in [-0.15, -0.1) is 0 Å². The number of nitrogens with two attached hydrogens (primary N) is 1. The number of urea groups is 1. The lowest BCUT2D eigenvalue weighted by molar-refractivity contribution is -0.135. The lowest BCUT2D eigenvalue weighted by Crippen LogP contribution is -2.51. The van der Waals surface area contributed by atoms with Gasteiger partial charge in [0, 0.05) is 0 Å². The van der Waals surface area contributed by atoms with Gasteiger partial charge in [-0.2, -0.15) is 0 Å². The molecule has 1 saturated heterocycles. The monoisotopic (exact) mass is 253 g/mol. The summed E-state index contributed by atoms with van der Waals surface area (Å²) >= 11 is 0. The van der Waals surface area contributed by atoms with E-state index in [1.807, 2.05) is 0 Å². The van der Waals surface area contributed by atoms with Crippen LogP contribution in [0.1, 0.15) is 39.0 Å². The molecule has 0 aromatic carbocycles. The molecule has 0 bridgehead atoms. The highest BCUT2D eigenvalue weighted by Gasteiger charge is 2.52. The van der Waals surface area contributed by atoms with Crippen LogP contribution in [0.15, 0.2) is 0 Å². The SMILES string of the molecule is C[C@]1(C2CCCCC2)NC(=O)N(CC(N)=O)C1=O. The lowest BCUT2D eigenvalue weighted by Gasteiger charge is -2.34. The van der Waals surface area contributed by atoms with Crippen molar-refractivity contribution in [1.82, 2.24) is 10.2 Å². The molecular formula is C12H19N3O3. The Hall–Kier alpha value is -1.59. The van der Waals surface area contributed by atoms with Crippen molar-refractivity contribution in [2.24, 2.45) is 11.7 Å². The van der Waals surface area contributed by atoms with Crippen LogP contribution in [0.5, 0.6) is 0 Å². The minimum absolute atomic E-state index is 0.153. The first-order chi connectivity index (χ1) is 8.45. The van der Waals surface area contributed by atoms with E-state index in [2.05, 4.69) is 5.32 Å². The molecule has 2 rings (SSSR count). The number of amides is 4. The molecule has 0 spiro atoms.